The quantitative estimate of drug-likeness (QED) is 0.866. The van der Waals surface area contributed by atoms with E-state index >= 15 is 0 Å². The van der Waals surface area contributed by atoms with E-state index < -0.39 is 0 Å². The molecule has 1 amide bonds. The van der Waals surface area contributed by atoms with Crippen molar-refractivity contribution in [2.45, 2.75) is 20.4 Å². The van der Waals surface area contributed by atoms with Crippen LogP contribution in [0.5, 0.6) is 5.75 Å². The number of H-pyrrole nitrogens is 1. The van der Waals surface area contributed by atoms with Crippen LogP contribution in [0.4, 0.5) is 0 Å². The highest BCUT2D eigenvalue weighted by molar-refractivity contribution is 5.92. The molecule has 0 fully saturated rings. The zero-order valence-electron chi connectivity index (χ0n) is 11.2. The second-order valence-electron chi connectivity index (χ2n) is 4.30. The summed E-state index contributed by atoms with van der Waals surface area (Å²) in [6.07, 6.45) is 1.73. The van der Waals surface area contributed by atoms with Crippen molar-refractivity contribution < 1.29 is 9.53 Å². The third-order valence-electron chi connectivity index (χ3n) is 2.83. The fraction of sp³-hybridized carbons (Fsp3) is 0.267. The molecular formula is C15H18N2O2. The number of amides is 1. The molecule has 0 spiro atoms. The molecule has 19 heavy (non-hydrogen) atoms. The van der Waals surface area contributed by atoms with Crippen LogP contribution in [0.3, 0.4) is 0 Å². The maximum atomic E-state index is 11.8. The Morgan fingerprint density at radius 2 is 2.21 bits per heavy atom. The van der Waals surface area contributed by atoms with Gasteiger partial charge in [0.25, 0.3) is 5.91 Å². The van der Waals surface area contributed by atoms with Crippen molar-refractivity contribution in [3.8, 4) is 5.75 Å². The highest BCUT2D eigenvalue weighted by Crippen LogP contribution is 2.19. The molecule has 4 heteroatoms. The van der Waals surface area contributed by atoms with Gasteiger partial charge in [-0.3, -0.25) is 4.79 Å². The number of ether oxygens (including phenoxy) is 1. The summed E-state index contributed by atoms with van der Waals surface area (Å²) in [5.74, 6) is 0.790. The smallest absolute Gasteiger partial charge is 0.267 e. The fourth-order valence-corrected chi connectivity index (χ4v) is 1.89. The van der Waals surface area contributed by atoms with Gasteiger partial charge in [0.05, 0.1) is 6.61 Å². The van der Waals surface area contributed by atoms with Crippen molar-refractivity contribution in [3.05, 3.63) is 53.3 Å². The summed E-state index contributed by atoms with van der Waals surface area (Å²) >= 11 is 0. The number of carbonyl (C=O) groups excluding carboxylic acids is 1. The van der Waals surface area contributed by atoms with Crippen LogP contribution in [0, 0.1) is 6.92 Å². The zero-order chi connectivity index (χ0) is 13.7. The summed E-state index contributed by atoms with van der Waals surface area (Å²) < 4.78 is 5.48. The van der Waals surface area contributed by atoms with E-state index in [1.165, 1.54) is 0 Å². The van der Waals surface area contributed by atoms with Crippen molar-refractivity contribution >= 4 is 5.91 Å². The molecule has 0 aliphatic heterocycles. The van der Waals surface area contributed by atoms with Crippen LogP contribution in [0.2, 0.25) is 0 Å². The first-order valence-electron chi connectivity index (χ1n) is 6.34. The Kier molecular flexibility index (Phi) is 4.23. The summed E-state index contributed by atoms with van der Waals surface area (Å²) in [6.45, 7) is 5.13. The predicted molar refractivity (Wildman–Crippen MR) is 74.3 cm³/mol. The molecule has 2 rings (SSSR count). The monoisotopic (exact) mass is 258 g/mol. The van der Waals surface area contributed by atoms with E-state index in [9.17, 15) is 4.79 Å². The minimum absolute atomic E-state index is 0.100. The molecule has 0 saturated heterocycles. The molecule has 0 bridgehead atoms. The lowest BCUT2D eigenvalue weighted by molar-refractivity contribution is 0.0946. The highest BCUT2D eigenvalue weighted by Gasteiger charge is 2.06. The van der Waals surface area contributed by atoms with Crippen LogP contribution >= 0.6 is 0 Å². The topological polar surface area (TPSA) is 54.1 Å². The number of carbonyl (C=O) groups is 1. The second kappa shape index (κ2) is 6.09. The van der Waals surface area contributed by atoms with Gasteiger partial charge < -0.3 is 15.0 Å². The van der Waals surface area contributed by atoms with Gasteiger partial charge in [0, 0.05) is 12.7 Å². The van der Waals surface area contributed by atoms with Crippen molar-refractivity contribution in [1.82, 2.24) is 10.3 Å². The normalized spacial score (nSPS) is 10.2. The average Bonchev–Trinajstić information content (AvgIpc) is 2.93. The summed E-state index contributed by atoms with van der Waals surface area (Å²) in [4.78, 5) is 14.6. The number of nitrogens with one attached hydrogen (secondary N) is 2. The standard InChI is InChI=1S/C15H18N2O2/c1-3-19-14-7-6-12(9-11(14)2)10-17-15(18)13-5-4-8-16-13/h4-9,16H,3,10H2,1-2H3,(H,17,18). The Morgan fingerprint density at radius 3 is 2.84 bits per heavy atom. The highest BCUT2D eigenvalue weighted by atomic mass is 16.5. The van der Waals surface area contributed by atoms with Crippen LogP contribution in [0.1, 0.15) is 28.5 Å². The average molecular weight is 258 g/mol. The van der Waals surface area contributed by atoms with E-state index in [2.05, 4.69) is 10.3 Å². The number of hydrogen-bond acceptors (Lipinski definition) is 2. The predicted octanol–water partition coefficient (Wildman–Crippen LogP) is 2.65. The third kappa shape index (κ3) is 3.37. The molecule has 1 aromatic carbocycles. The molecule has 0 saturated carbocycles. The van der Waals surface area contributed by atoms with Gasteiger partial charge in [-0.05, 0) is 43.2 Å². The van der Waals surface area contributed by atoms with Crippen molar-refractivity contribution in [1.29, 1.82) is 0 Å². The van der Waals surface area contributed by atoms with Gasteiger partial charge in [0.15, 0.2) is 0 Å². The first-order chi connectivity index (χ1) is 9.20. The number of rotatable bonds is 5. The molecular weight excluding hydrogens is 240 g/mol. The van der Waals surface area contributed by atoms with Crippen molar-refractivity contribution in [2.24, 2.45) is 0 Å². The molecule has 0 aliphatic carbocycles. The Morgan fingerprint density at radius 1 is 1.37 bits per heavy atom. The van der Waals surface area contributed by atoms with Crippen LogP contribution in [-0.2, 0) is 6.54 Å². The maximum absolute atomic E-state index is 11.8. The lowest BCUT2D eigenvalue weighted by Crippen LogP contribution is -2.23. The number of hydrogen-bond donors (Lipinski definition) is 2. The van der Waals surface area contributed by atoms with E-state index in [1.807, 2.05) is 32.0 Å². The molecule has 0 unspecified atom stereocenters. The molecule has 2 aromatic rings. The fourth-order valence-electron chi connectivity index (χ4n) is 1.89. The largest absolute Gasteiger partial charge is 0.494 e. The molecule has 100 valence electrons. The van der Waals surface area contributed by atoms with Crippen LogP contribution in [0.25, 0.3) is 0 Å². The first kappa shape index (κ1) is 13.2. The van der Waals surface area contributed by atoms with E-state index in [4.69, 9.17) is 4.74 Å². The molecule has 4 nitrogen and oxygen atoms in total. The summed E-state index contributed by atoms with van der Waals surface area (Å²) in [7, 11) is 0. The van der Waals surface area contributed by atoms with E-state index in [0.29, 0.717) is 18.8 Å². The number of benzene rings is 1. The van der Waals surface area contributed by atoms with Crippen LogP contribution < -0.4 is 10.1 Å². The van der Waals surface area contributed by atoms with Crippen LogP contribution in [-0.4, -0.2) is 17.5 Å². The zero-order valence-corrected chi connectivity index (χ0v) is 11.2. The van der Waals surface area contributed by atoms with Crippen molar-refractivity contribution in [2.75, 3.05) is 6.61 Å². The van der Waals surface area contributed by atoms with Gasteiger partial charge in [-0.15, -0.1) is 0 Å². The Bertz CT molecular complexity index is 547. The molecule has 2 N–H and O–H groups in total. The maximum Gasteiger partial charge on any atom is 0.267 e. The molecule has 0 aliphatic rings. The number of aromatic nitrogens is 1. The van der Waals surface area contributed by atoms with Crippen LogP contribution in [0.15, 0.2) is 36.5 Å². The Balaban J connectivity index is 1.96. The van der Waals surface area contributed by atoms with Gasteiger partial charge in [0.1, 0.15) is 11.4 Å². The summed E-state index contributed by atoms with van der Waals surface area (Å²) in [6, 6.07) is 9.48. The number of aromatic amines is 1. The SMILES string of the molecule is CCOc1ccc(CNC(=O)c2ccc[nH]2)cc1C. The molecule has 0 atom stereocenters. The Labute approximate surface area is 112 Å². The van der Waals surface area contributed by atoms with E-state index in [-0.39, 0.29) is 5.91 Å². The molecule has 1 aromatic heterocycles. The van der Waals surface area contributed by atoms with E-state index in [1.54, 1.807) is 18.3 Å². The minimum atomic E-state index is -0.100. The van der Waals surface area contributed by atoms with E-state index in [0.717, 1.165) is 16.9 Å². The van der Waals surface area contributed by atoms with Gasteiger partial charge in [-0.1, -0.05) is 12.1 Å². The molecule has 0 radical (unpaired) electrons. The number of aryl methyl sites for hydroxylation is 1. The van der Waals surface area contributed by atoms with Gasteiger partial charge >= 0.3 is 0 Å². The first-order valence-corrected chi connectivity index (χ1v) is 6.34. The lowest BCUT2D eigenvalue weighted by atomic mass is 10.1. The lowest BCUT2D eigenvalue weighted by Gasteiger charge is -2.09. The van der Waals surface area contributed by atoms with Gasteiger partial charge in [-0.2, -0.15) is 0 Å². The summed E-state index contributed by atoms with van der Waals surface area (Å²) in [5.41, 5.74) is 2.71. The Hall–Kier alpha value is -2.23. The molecule has 1 heterocycles. The minimum Gasteiger partial charge on any atom is -0.494 e. The van der Waals surface area contributed by atoms with Crippen molar-refractivity contribution in [3.63, 3.8) is 0 Å². The van der Waals surface area contributed by atoms with Gasteiger partial charge in [0.2, 0.25) is 0 Å². The van der Waals surface area contributed by atoms with Gasteiger partial charge in [-0.25, -0.2) is 0 Å². The summed E-state index contributed by atoms with van der Waals surface area (Å²) in [5, 5.41) is 2.87. The third-order valence-corrected chi connectivity index (χ3v) is 2.83. The second-order valence-corrected chi connectivity index (χ2v) is 4.30.